The second-order valence-corrected chi connectivity index (χ2v) is 5.60. The van der Waals surface area contributed by atoms with Crippen LogP contribution in [-0.2, 0) is 4.79 Å². The van der Waals surface area contributed by atoms with Gasteiger partial charge < -0.3 is 15.2 Å². The van der Waals surface area contributed by atoms with E-state index < -0.39 is 6.09 Å². The monoisotopic (exact) mass is 290 g/mol. The largest absolute Gasteiger partial charge is 0.497 e. The van der Waals surface area contributed by atoms with E-state index in [1.165, 1.54) is 0 Å². The van der Waals surface area contributed by atoms with Crippen molar-refractivity contribution in [3.05, 3.63) is 24.3 Å². The number of ether oxygens (including phenoxy) is 1. The lowest BCUT2D eigenvalue weighted by atomic mass is 9.97. The van der Waals surface area contributed by atoms with E-state index >= 15 is 0 Å². The molecule has 2 N–H and O–H groups in total. The van der Waals surface area contributed by atoms with Gasteiger partial charge in [0.05, 0.1) is 7.11 Å². The van der Waals surface area contributed by atoms with Crippen LogP contribution < -0.4 is 10.1 Å². The fourth-order valence-electron chi connectivity index (χ4n) is 3.39. The zero-order valence-corrected chi connectivity index (χ0v) is 11.8. The summed E-state index contributed by atoms with van der Waals surface area (Å²) in [5.41, 5.74) is 0.965. The van der Waals surface area contributed by atoms with E-state index in [0.717, 1.165) is 22.8 Å². The number of rotatable bonds is 4. The van der Waals surface area contributed by atoms with Crippen molar-refractivity contribution in [2.24, 2.45) is 11.8 Å². The second kappa shape index (κ2) is 5.27. The highest BCUT2D eigenvalue weighted by atomic mass is 16.5. The molecule has 1 saturated carbocycles. The van der Waals surface area contributed by atoms with Crippen molar-refractivity contribution < 1.29 is 19.4 Å². The Morgan fingerprint density at radius 1 is 1.38 bits per heavy atom. The molecule has 1 aromatic rings. The number of likely N-dealkylation sites (tertiary alicyclic amines) is 1. The lowest BCUT2D eigenvalue weighted by molar-refractivity contribution is -0.133. The molecule has 1 aliphatic carbocycles. The number of hydrogen-bond donors (Lipinski definition) is 2. The Hall–Kier alpha value is -2.24. The van der Waals surface area contributed by atoms with Gasteiger partial charge in [0.2, 0.25) is 5.91 Å². The van der Waals surface area contributed by atoms with E-state index in [0.29, 0.717) is 13.0 Å². The van der Waals surface area contributed by atoms with Gasteiger partial charge in [-0.25, -0.2) is 9.69 Å². The van der Waals surface area contributed by atoms with Crippen LogP contribution in [0.1, 0.15) is 12.8 Å². The molecule has 3 atom stereocenters. The fourth-order valence-corrected chi connectivity index (χ4v) is 3.39. The van der Waals surface area contributed by atoms with Crippen molar-refractivity contribution in [2.45, 2.75) is 18.9 Å². The van der Waals surface area contributed by atoms with Crippen LogP contribution in [0.15, 0.2) is 24.3 Å². The molecule has 112 valence electrons. The highest BCUT2D eigenvalue weighted by Gasteiger charge is 2.52. The number of amides is 2. The SMILES string of the molecule is COc1ccc(NCC2CC3CC2N(C(=O)O)C3=O)cc1. The smallest absolute Gasteiger partial charge is 0.414 e. The van der Waals surface area contributed by atoms with E-state index in [-0.39, 0.29) is 23.8 Å². The number of carbonyl (C=O) groups is 2. The lowest BCUT2D eigenvalue weighted by Crippen LogP contribution is -2.46. The molecule has 3 rings (SSSR count). The van der Waals surface area contributed by atoms with Crippen molar-refractivity contribution >= 4 is 17.7 Å². The van der Waals surface area contributed by atoms with E-state index in [1.54, 1.807) is 7.11 Å². The van der Waals surface area contributed by atoms with Gasteiger partial charge in [-0.15, -0.1) is 0 Å². The van der Waals surface area contributed by atoms with Gasteiger partial charge in [0.25, 0.3) is 0 Å². The third kappa shape index (κ3) is 2.41. The number of piperidine rings is 1. The maximum Gasteiger partial charge on any atom is 0.414 e. The van der Waals surface area contributed by atoms with Gasteiger partial charge in [0.1, 0.15) is 5.75 Å². The van der Waals surface area contributed by atoms with Crippen molar-refractivity contribution in [1.29, 1.82) is 0 Å². The Balaban J connectivity index is 1.61. The molecule has 21 heavy (non-hydrogen) atoms. The number of carbonyl (C=O) groups excluding carboxylic acids is 1. The minimum atomic E-state index is -1.12. The third-order valence-electron chi connectivity index (χ3n) is 4.44. The van der Waals surface area contributed by atoms with Crippen molar-refractivity contribution in [2.75, 3.05) is 19.0 Å². The lowest BCUT2D eigenvalue weighted by Gasteiger charge is -2.29. The first-order valence-electron chi connectivity index (χ1n) is 7.04. The summed E-state index contributed by atoms with van der Waals surface area (Å²) >= 11 is 0. The molecule has 2 fully saturated rings. The first-order chi connectivity index (χ1) is 10.1. The summed E-state index contributed by atoms with van der Waals surface area (Å²) in [6.45, 7) is 0.671. The number of imide groups is 1. The predicted octanol–water partition coefficient (Wildman–Crippen LogP) is 2.02. The molecule has 6 nitrogen and oxygen atoms in total. The summed E-state index contributed by atoms with van der Waals surface area (Å²) in [4.78, 5) is 24.0. The number of hydrogen-bond acceptors (Lipinski definition) is 4. The van der Waals surface area contributed by atoms with Crippen LogP contribution in [-0.4, -0.2) is 41.7 Å². The standard InChI is InChI=1S/C15H18N2O4/c1-21-12-4-2-11(3-5-12)16-8-10-6-9-7-13(10)17(14(9)18)15(19)20/h2-5,9-10,13,16H,6-8H2,1H3,(H,19,20). The van der Waals surface area contributed by atoms with E-state index in [2.05, 4.69) is 5.32 Å². The molecule has 2 bridgehead atoms. The predicted molar refractivity (Wildman–Crippen MR) is 76.4 cm³/mol. The summed E-state index contributed by atoms with van der Waals surface area (Å²) < 4.78 is 5.10. The molecule has 1 aromatic carbocycles. The first kappa shape index (κ1) is 13.7. The zero-order chi connectivity index (χ0) is 15.0. The van der Waals surface area contributed by atoms with Gasteiger partial charge >= 0.3 is 6.09 Å². The number of nitrogens with one attached hydrogen (secondary N) is 1. The molecular formula is C15H18N2O4. The molecule has 1 saturated heterocycles. The molecule has 2 amide bonds. The molecule has 6 heteroatoms. The van der Waals surface area contributed by atoms with Gasteiger partial charge in [0, 0.05) is 24.2 Å². The highest BCUT2D eigenvalue weighted by molar-refractivity contribution is 5.95. The second-order valence-electron chi connectivity index (χ2n) is 5.60. The van der Waals surface area contributed by atoms with Gasteiger partial charge in [-0.1, -0.05) is 0 Å². The molecule has 0 aromatic heterocycles. The van der Waals surface area contributed by atoms with Crippen LogP contribution in [0.25, 0.3) is 0 Å². The number of anilines is 1. The fraction of sp³-hybridized carbons (Fsp3) is 0.467. The maximum atomic E-state index is 11.8. The van der Waals surface area contributed by atoms with Crippen molar-refractivity contribution in [1.82, 2.24) is 4.90 Å². The summed E-state index contributed by atoms with van der Waals surface area (Å²) in [6, 6.07) is 7.41. The molecular weight excluding hydrogens is 272 g/mol. The summed E-state index contributed by atoms with van der Waals surface area (Å²) in [7, 11) is 1.62. The molecule has 0 radical (unpaired) electrons. The Kier molecular flexibility index (Phi) is 3.45. The van der Waals surface area contributed by atoms with Gasteiger partial charge in [0.15, 0.2) is 0 Å². The average Bonchev–Trinajstić information content (AvgIpc) is 3.03. The number of fused-ring (bicyclic) bond motifs is 2. The number of methoxy groups -OCH3 is 1. The summed E-state index contributed by atoms with van der Waals surface area (Å²) in [6.07, 6.45) is 0.318. The minimum Gasteiger partial charge on any atom is -0.497 e. The van der Waals surface area contributed by atoms with Crippen molar-refractivity contribution in [3.8, 4) is 5.75 Å². The normalized spacial score (nSPS) is 27.0. The van der Waals surface area contributed by atoms with Crippen LogP contribution in [0.4, 0.5) is 10.5 Å². The maximum absolute atomic E-state index is 11.8. The van der Waals surface area contributed by atoms with Crippen LogP contribution in [0.3, 0.4) is 0 Å². The quantitative estimate of drug-likeness (QED) is 0.887. The first-order valence-corrected chi connectivity index (χ1v) is 7.04. The molecule has 1 heterocycles. The Labute approximate surface area is 122 Å². The van der Waals surface area contributed by atoms with E-state index in [4.69, 9.17) is 9.84 Å². The van der Waals surface area contributed by atoms with Gasteiger partial charge in [-0.05, 0) is 43.0 Å². The zero-order valence-electron chi connectivity index (χ0n) is 11.8. The van der Waals surface area contributed by atoms with E-state index in [1.807, 2.05) is 24.3 Å². The molecule has 2 aliphatic rings. The third-order valence-corrected chi connectivity index (χ3v) is 4.44. The Morgan fingerprint density at radius 3 is 2.67 bits per heavy atom. The van der Waals surface area contributed by atoms with Crippen LogP contribution in [0.2, 0.25) is 0 Å². The number of nitrogens with zero attached hydrogens (tertiary/aromatic N) is 1. The Morgan fingerprint density at radius 2 is 2.10 bits per heavy atom. The number of benzene rings is 1. The van der Waals surface area contributed by atoms with Crippen LogP contribution in [0, 0.1) is 11.8 Å². The van der Waals surface area contributed by atoms with Crippen LogP contribution in [0.5, 0.6) is 5.75 Å². The summed E-state index contributed by atoms with van der Waals surface area (Å²) in [5.74, 6) is 0.635. The topological polar surface area (TPSA) is 78.9 Å². The number of carboxylic acid groups (broad SMARTS) is 1. The minimum absolute atomic E-state index is 0.117. The van der Waals surface area contributed by atoms with Gasteiger partial charge in [-0.3, -0.25) is 4.79 Å². The van der Waals surface area contributed by atoms with E-state index in [9.17, 15) is 9.59 Å². The molecule has 3 unspecified atom stereocenters. The summed E-state index contributed by atoms with van der Waals surface area (Å²) in [5, 5.41) is 12.4. The van der Waals surface area contributed by atoms with Crippen molar-refractivity contribution in [3.63, 3.8) is 0 Å². The highest BCUT2D eigenvalue weighted by Crippen LogP contribution is 2.42. The molecule has 0 spiro atoms. The average molecular weight is 290 g/mol. The van der Waals surface area contributed by atoms with Gasteiger partial charge in [-0.2, -0.15) is 0 Å². The molecule has 1 aliphatic heterocycles. The Bertz CT molecular complexity index is 557. The van der Waals surface area contributed by atoms with Crippen LogP contribution >= 0.6 is 0 Å².